The molecule has 2 aromatic rings. The van der Waals surface area contributed by atoms with Gasteiger partial charge in [-0.15, -0.1) is 0 Å². The molecule has 0 aromatic carbocycles. The number of aromatic nitrogens is 2. The van der Waals surface area contributed by atoms with Gasteiger partial charge in [-0.2, -0.15) is 0 Å². The average molecular weight is 357 g/mol. The number of amides is 2. The first-order valence-corrected chi connectivity index (χ1v) is 8.91. The Kier molecular flexibility index (Phi) is 4.28. The van der Waals surface area contributed by atoms with Crippen molar-refractivity contribution in [1.82, 2.24) is 14.9 Å². The highest BCUT2D eigenvalue weighted by molar-refractivity contribution is 6.06. The molecular formula is C18H23N5O3. The number of nitrogens with two attached hydrogens (primary N) is 1. The first-order valence-electron chi connectivity index (χ1n) is 8.91. The van der Waals surface area contributed by atoms with E-state index in [0.717, 1.165) is 36.8 Å². The maximum absolute atomic E-state index is 12.3. The van der Waals surface area contributed by atoms with Crippen LogP contribution in [0.15, 0.2) is 18.5 Å². The number of hydrogen-bond acceptors (Lipinski definition) is 5. The lowest BCUT2D eigenvalue weighted by Crippen LogP contribution is -2.50. The second-order valence-electron chi connectivity index (χ2n) is 7.08. The van der Waals surface area contributed by atoms with E-state index in [1.807, 2.05) is 11.0 Å². The smallest absolute Gasteiger partial charge is 0.252 e. The summed E-state index contributed by atoms with van der Waals surface area (Å²) in [6.45, 7) is 0.130. The zero-order valence-electron chi connectivity index (χ0n) is 14.7. The van der Waals surface area contributed by atoms with E-state index in [4.69, 9.17) is 10.5 Å². The minimum absolute atomic E-state index is 0.0632. The Bertz CT molecular complexity index is 834. The van der Waals surface area contributed by atoms with E-state index in [9.17, 15) is 9.59 Å². The van der Waals surface area contributed by atoms with E-state index in [1.165, 1.54) is 6.20 Å². The van der Waals surface area contributed by atoms with E-state index >= 15 is 0 Å². The summed E-state index contributed by atoms with van der Waals surface area (Å²) >= 11 is 0. The minimum atomic E-state index is -0.501. The van der Waals surface area contributed by atoms with Gasteiger partial charge in [-0.25, -0.2) is 4.98 Å². The summed E-state index contributed by atoms with van der Waals surface area (Å²) in [5.74, 6) is -0.438. The molecule has 2 aliphatic heterocycles. The van der Waals surface area contributed by atoms with Gasteiger partial charge in [0.25, 0.3) is 5.91 Å². The van der Waals surface area contributed by atoms with E-state index in [2.05, 4.69) is 15.3 Å². The number of carbonyl (C=O) groups is 2. The number of nitrogens with zero attached hydrogens (tertiary/aromatic N) is 2. The summed E-state index contributed by atoms with van der Waals surface area (Å²) in [5.41, 5.74) is 7.38. The summed E-state index contributed by atoms with van der Waals surface area (Å²) in [7, 11) is 1.55. The molecule has 2 fully saturated rings. The summed E-state index contributed by atoms with van der Waals surface area (Å²) in [5, 5.41) is 4.38. The number of primary amides is 1. The minimum Gasteiger partial charge on any atom is -0.381 e. The van der Waals surface area contributed by atoms with Gasteiger partial charge in [0.15, 0.2) is 0 Å². The standard InChI is InChI=1S/C18H23N5O3/c1-26-9-15(24)23-11-2-3-12(23)7-10(6-11)22-16-13-4-5-20-18(13)21-8-14(16)17(19)25/h4-5,8,10-12H,2-3,6-7,9H2,1H3,(H2,19,25)(H2,20,21,22)/t11-,12-/m0/s1. The second kappa shape index (κ2) is 6.60. The molecule has 26 heavy (non-hydrogen) atoms. The molecule has 8 heteroatoms. The van der Waals surface area contributed by atoms with Gasteiger partial charge in [-0.3, -0.25) is 9.59 Å². The number of anilines is 1. The molecule has 0 radical (unpaired) electrons. The Hall–Kier alpha value is -2.61. The SMILES string of the molecule is COCC(=O)N1[C@H]2CC[C@H]1CC(Nc1c(C(N)=O)cnc3[nH]ccc13)C2. The van der Waals surface area contributed by atoms with Crippen molar-refractivity contribution in [3.63, 3.8) is 0 Å². The number of methoxy groups -OCH3 is 1. The molecule has 0 unspecified atom stereocenters. The summed E-state index contributed by atoms with van der Waals surface area (Å²) in [6.07, 6.45) is 7.02. The molecule has 2 aliphatic rings. The molecule has 4 rings (SSSR count). The molecule has 2 amide bonds. The zero-order valence-corrected chi connectivity index (χ0v) is 14.7. The molecule has 0 spiro atoms. The van der Waals surface area contributed by atoms with Crippen molar-refractivity contribution in [3.8, 4) is 0 Å². The predicted octanol–water partition coefficient (Wildman–Crippen LogP) is 1.24. The average Bonchev–Trinajstić information content (AvgIpc) is 3.18. The third-order valence-corrected chi connectivity index (χ3v) is 5.49. The predicted molar refractivity (Wildman–Crippen MR) is 96.8 cm³/mol. The van der Waals surface area contributed by atoms with E-state index in [-0.39, 0.29) is 30.6 Å². The van der Waals surface area contributed by atoms with E-state index in [1.54, 1.807) is 13.3 Å². The molecular weight excluding hydrogens is 334 g/mol. The van der Waals surface area contributed by atoms with Crippen molar-refractivity contribution in [2.45, 2.75) is 43.8 Å². The van der Waals surface area contributed by atoms with Gasteiger partial charge in [0.05, 0.1) is 11.3 Å². The fourth-order valence-corrected chi connectivity index (χ4v) is 4.45. The summed E-state index contributed by atoms with van der Waals surface area (Å²) in [6, 6.07) is 2.50. The van der Waals surface area contributed by atoms with Crippen LogP contribution < -0.4 is 11.1 Å². The summed E-state index contributed by atoms with van der Waals surface area (Å²) < 4.78 is 5.02. The number of piperidine rings is 1. The highest BCUT2D eigenvalue weighted by atomic mass is 16.5. The number of ether oxygens (including phenoxy) is 1. The van der Waals surface area contributed by atoms with Crippen molar-refractivity contribution >= 4 is 28.5 Å². The maximum Gasteiger partial charge on any atom is 0.252 e. The lowest BCUT2D eigenvalue weighted by molar-refractivity contribution is -0.139. The lowest BCUT2D eigenvalue weighted by atomic mass is 9.96. The highest BCUT2D eigenvalue weighted by Crippen LogP contribution is 2.38. The second-order valence-corrected chi connectivity index (χ2v) is 7.08. The van der Waals surface area contributed by atoms with Gasteiger partial charge in [-0.1, -0.05) is 0 Å². The summed E-state index contributed by atoms with van der Waals surface area (Å²) in [4.78, 5) is 33.5. The van der Waals surface area contributed by atoms with Crippen LogP contribution in [0.25, 0.3) is 11.0 Å². The molecule has 0 aliphatic carbocycles. The van der Waals surface area contributed by atoms with Crippen molar-refractivity contribution < 1.29 is 14.3 Å². The normalized spacial score (nSPS) is 24.8. The van der Waals surface area contributed by atoms with Crippen LogP contribution in [-0.4, -0.2) is 58.5 Å². The Labute approximate surface area is 151 Å². The third kappa shape index (κ3) is 2.80. The lowest BCUT2D eigenvalue weighted by Gasteiger charge is -2.39. The van der Waals surface area contributed by atoms with Crippen molar-refractivity contribution in [2.75, 3.05) is 19.0 Å². The van der Waals surface area contributed by atoms with E-state index in [0.29, 0.717) is 11.2 Å². The van der Waals surface area contributed by atoms with Crippen LogP contribution in [0.3, 0.4) is 0 Å². The third-order valence-electron chi connectivity index (χ3n) is 5.49. The highest BCUT2D eigenvalue weighted by Gasteiger charge is 2.43. The number of H-pyrrole nitrogens is 1. The molecule has 2 atom stereocenters. The Morgan fingerprint density at radius 2 is 2.12 bits per heavy atom. The Balaban J connectivity index is 1.58. The van der Waals surface area contributed by atoms with Crippen molar-refractivity contribution in [2.24, 2.45) is 5.73 Å². The topological polar surface area (TPSA) is 113 Å². The number of carbonyl (C=O) groups excluding carboxylic acids is 2. The first kappa shape index (κ1) is 16.8. The molecule has 138 valence electrons. The van der Waals surface area contributed by atoms with Gasteiger partial charge in [0, 0.05) is 43.0 Å². The van der Waals surface area contributed by atoms with Crippen LogP contribution in [0.2, 0.25) is 0 Å². The van der Waals surface area contributed by atoms with Crippen LogP contribution in [0.5, 0.6) is 0 Å². The largest absolute Gasteiger partial charge is 0.381 e. The van der Waals surface area contributed by atoms with Gasteiger partial charge < -0.3 is 25.7 Å². The Morgan fingerprint density at radius 1 is 1.38 bits per heavy atom. The van der Waals surface area contributed by atoms with Gasteiger partial charge in [-0.05, 0) is 31.7 Å². The van der Waals surface area contributed by atoms with Crippen LogP contribution in [0.4, 0.5) is 5.69 Å². The van der Waals surface area contributed by atoms with E-state index < -0.39 is 5.91 Å². The number of nitrogens with one attached hydrogen (secondary N) is 2. The number of fused-ring (bicyclic) bond motifs is 3. The van der Waals surface area contributed by atoms with Gasteiger partial charge >= 0.3 is 0 Å². The molecule has 4 heterocycles. The maximum atomic E-state index is 12.3. The van der Waals surface area contributed by atoms with Crippen LogP contribution >= 0.6 is 0 Å². The number of rotatable bonds is 5. The van der Waals surface area contributed by atoms with Crippen LogP contribution in [0, 0.1) is 0 Å². The fourth-order valence-electron chi connectivity index (χ4n) is 4.45. The fraction of sp³-hybridized carbons (Fsp3) is 0.500. The quantitative estimate of drug-likeness (QED) is 0.745. The molecule has 4 N–H and O–H groups in total. The molecule has 8 nitrogen and oxygen atoms in total. The Morgan fingerprint density at radius 3 is 2.77 bits per heavy atom. The molecule has 2 bridgehead atoms. The van der Waals surface area contributed by atoms with Crippen LogP contribution in [-0.2, 0) is 9.53 Å². The molecule has 2 aromatic heterocycles. The van der Waals surface area contributed by atoms with Gasteiger partial charge in [0.2, 0.25) is 5.91 Å². The first-order chi connectivity index (χ1) is 12.6. The molecule has 0 saturated carbocycles. The number of hydrogen-bond donors (Lipinski definition) is 3. The van der Waals surface area contributed by atoms with Crippen LogP contribution in [0.1, 0.15) is 36.0 Å². The monoisotopic (exact) mass is 357 g/mol. The number of aromatic amines is 1. The van der Waals surface area contributed by atoms with Gasteiger partial charge in [0.1, 0.15) is 12.3 Å². The van der Waals surface area contributed by atoms with Crippen molar-refractivity contribution in [3.05, 3.63) is 24.0 Å². The number of pyridine rings is 1. The van der Waals surface area contributed by atoms with Crippen molar-refractivity contribution in [1.29, 1.82) is 0 Å². The molecule has 2 saturated heterocycles. The zero-order chi connectivity index (χ0) is 18.3.